The molecule has 1 atom stereocenters. The molecule has 0 radical (unpaired) electrons. The SMILES string of the molecule is CC(=O)c1[nH]c(C)c(C(=O)NC[C@@H]2CCN(CC(C)C)C2)c1C. The second kappa shape index (κ2) is 7.30. The fourth-order valence-corrected chi connectivity index (χ4v) is 3.53. The van der Waals surface area contributed by atoms with Gasteiger partial charge in [0, 0.05) is 32.3 Å². The first-order valence-electron chi connectivity index (χ1n) is 8.50. The van der Waals surface area contributed by atoms with Crippen molar-refractivity contribution in [3.8, 4) is 0 Å². The van der Waals surface area contributed by atoms with Gasteiger partial charge in [0.05, 0.1) is 11.3 Å². The summed E-state index contributed by atoms with van der Waals surface area (Å²) in [7, 11) is 0. The molecule has 1 saturated heterocycles. The largest absolute Gasteiger partial charge is 0.355 e. The number of H-pyrrole nitrogens is 1. The predicted molar refractivity (Wildman–Crippen MR) is 92.0 cm³/mol. The summed E-state index contributed by atoms with van der Waals surface area (Å²) in [6.07, 6.45) is 1.14. The molecule has 0 saturated carbocycles. The van der Waals surface area contributed by atoms with Crippen molar-refractivity contribution in [1.82, 2.24) is 15.2 Å². The van der Waals surface area contributed by atoms with Crippen LogP contribution in [0.25, 0.3) is 0 Å². The number of carbonyl (C=O) groups excluding carboxylic acids is 2. The highest BCUT2D eigenvalue weighted by atomic mass is 16.1. The van der Waals surface area contributed by atoms with Gasteiger partial charge in [0.2, 0.25) is 0 Å². The molecule has 0 spiro atoms. The van der Waals surface area contributed by atoms with Crippen molar-refractivity contribution < 1.29 is 9.59 Å². The number of rotatable bonds is 6. The highest BCUT2D eigenvalue weighted by Gasteiger charge is 2.25. The molecule has 1 aliphatic heterocycles. The molecule has 2 N–H and O–H groups in total. The number of ketones is 1. The lowest BCUT2D eigenvalue weighted by atomic mass is 10.1. The van der Waals surface area contributed by atoms with Gasteiger partial charge in [0.25, 0.3) is 5.91 Å². The molecule has 2 rings (SSSR count). The summed E-state index contributed by atoms with van der Waals surface area (Å²) in [5, 5.41) is 3.05. The van der Waals surface area contributed by atoms with Crippen molar-refractivity contribution in [1.29, 1.82) is 0 Å². The molecule has 1 amide bonds. The Balaban J connectivity index is 1.92. The van der Waals surface area contributed by atoms with Crippen molar-refractivity contribution in [2.75, 3.05) is 26.2 Å². The summed E-state index contributed by atoms with van der Waals surface area (Å²) >= 11 is 0. The van der Waals surface area contributed by atoms with Gasteiger partial charge in [-0.25, -0.2) is 0 Å². The number of aryl methyl sites for hydroxylation is 1. The van der Waals surface area contributed by atoms with Crippen LogP contribution in [0.2, 0.25) is 0 Å². The lowest BCUT2D eigenvalue weighted by molar-refractivity contribution is 0.0946. The first kappa shape index (κ1) is 17.7. The van der Waals surface area contributed by atoms with Crippen LogP contribution < -0.4 is 5.32 Å². The zero-order valence-corrected chi connectivity index (χ0v) is 15.0. The van der Waals surface area contributed by atoms with Crippen LogP contribution >= 0.6 is 0 Å². The molecule has 2 heterocycles. The van der Waals surface area contributed by atoms with Crippen LogP contribution in [0.4, 0.5) is 0 Å². The summed E-state index contributed by atoms with van der Waals surface area (Å²) < 4.78 is 0. The summed E-state index contributed by atoms with van der Waals surface area (Å²) in [5.74, 6) is 1.08. The van der Waals surface area contributed by atoms with Crippen LogP contribution in [0, 0.1) is 25.7 Å². The Morgan fingerprint density at radius 1 is 1.35 bits per heavy atom. The van der Waals surface area contributed by atoms with Gasteiger partial charge in [-0.1, -0.05) is 13.8 Å². The van der Waals surface area contributed by atoms with Crippen LogP contribution in [0.5, 0.6) is 0 Å². The molecule has 1 aliphatic rings. The summed E-state index contributed by atoms with van der Waals surface area (Å²) in [6.45, 7) is 13.7. The van der Waals surface area contributed by atoms with E-state index < -0.39 is 0 Å². The van der Waals surface area contributed by atoms with E-state index in [-0.39, 0.29) is 11.7 Å². The lowest BCUT2D eigenvalue weighted by Crippen LogP contribution is -2.32. The fourth-order valence-electron chi connectivity index (χ4n) is 3.53. The molecule has 0 bridgehead atoms. The van der Waals surface area contributed by atoms with E-state index in [1.165, 1.54) is 6.92 Å². The number of hydrogen-bond acceptors (Lipinski definition) is 3. The maximum absolute atomic E-state index is 12.5. The first-order chi connectivity index (χ1) is 10.8. The molecule has 23 heavy (non-hydrogen) atoms. The zero-order valence-electron chi connectivity index (χ0n) is 15.0. The van der Waals surface area contributed by atoms with Gasteiger partial charge in [-0.15, -0.1) is 0 Å². The van der Waals surface area contributed by atoms with Crippen molar-refractivity contribution in [3.63, 3.8) is 0 Å². The van der Waals surface area contributed by atoms with Gasteiger partial charge < -0.3 is 15.2 Å². The van der Waals surface area contributed by atoms with Crippen molar-refractivity contribution >= 4 is 11.7 Å². The minimum atomic E-state index is -0.0777. The van der Waals surface area contributed by atoms with Crippen molar-refractivity contribution in [3.05, 3.63) is 22.5 Å². The van der Waals surface area contributed by atoms with E-state index in [4.69, 9.17) is 0 Å². The van der Waals surface area contributed by atoms with Crippen LogP contribution in [-0.4, -0.2) is 47.8 Å². The number of likely N-dealkylation sites (tertiary alicyclic amines) is 1. The minimum absolute atomic E-state index is 0.0372. The fraction of sp³-hybridized carbons (Fsp3) is 0.667. The van der Waals surface area contributed by atoms with E-state index in [2.05, 4.69) is 29.0 Å². The molecule has 128 valence electrons. The number of aromatic amines is 1. The Kier molecular flexibility index (Phi) is 5.63. The number of carbonyl (C=O) groups is 2. The summed E-state index contributed by atoms with van der Waals surface area (Å²) in [4.78, 5) is 29.6. The number of amides is 1. The molecule has 5 heteroatoms. The molecule has 0 unspecified atom stereocenters. The third-order valence-corrected chi connectivity index (χ3v) is 4.56. The molecule has 1 fully saturated rings. The molecule has 0 aliphatic carbocycles. The van der Waals surface area contributed by atoms with Gasteiger partial charge in [-0.05, 0) is 44.2 Å². The lowest BCUT2D eigenvalue weighted by Gasteiger charge is -2.18. The van der Waals surface area contributed by atoms with Gasteiger partial charge in [-0.2, -0.15) is 0 Å². The van der Waals surface area contributed by atoms with E-state index in [9.17, 15) is 9.59 Å². The summed E-state index contributed by atoms with van der Waals surface area (Å²) in [5.41, 5.74) is 2.67. The average Bonchev–Trinajstić information content (AvgIpc) is 3.00. The average molecular weight is 319 g/mol. The van der Waals surface area contributed by atoms with Gasteiger partial charge in [-0.3, -0.25) is 9.59 Å². The van der Waals surface area contributed by atoms with E-state index in [0.29, 0.717) is 29.6 Å². The third-order valence-electron chi connectivity index (χ3n) is 4.56. The maximum atomic E-state index is 12.5. The Bertz CT molecular complexity index is 589. The molecular weight excluding hydrogens is 290 g/mol. The molecule has 0 aromatic carbocycles. The minimum Gasteiger partial charge on any atom is -0.355 e. The monoisotopic (exact) mass is 319 g/mol. The molecule has 1 aromatic heterocycles. The van der Waals surface area contributed by atoms with Crippen molar-refractivity contribution in [2.45, 2.75) is 41.0 Å². The topological polar surface area (TPSA) is 65.2 Å². The van der Waals surface area contributed by atoms with Crippen LogP contribution in [0.1, 0.15) is 59.3 Å². The molecule has 1 aromatic rings. The second-order valence-corrected chi connectivity index (χ2v) is 7.20. The standard InChI is InChI=1S/C18H29N3O2/c1-11(2)9-21-7-6-15(10-21)8-19-18(23)16-12(3)17(14(5)22)20-13(16)4/h11,15,20H,6-10H2,1-5H3,(H,19,23)/t15-/m0/s1. The Hall–Kier alpha value is -1.62. The predicted octanol–water partition coefficient (Wildman–Crippen LogP) is 2.54. The maximum Gasteiger partial charge on any atom is 0.253 e. The molecule has 5 nitrogen and oxygen atoms in total. The second-order valence-electron chi connectivity index (χ2n) is 7.20. The molecular formula is C18H29N3O2. The van der Waals surface area contributed by atoms with E-state index in [1.807, 2.05) is 13.8 Å². The number of aromatic nitrogens is 1. The quantitative estimate of drug-likeness (QED) is 0.792. The highest BCUT2D eigenvalue weighted by molar-refractivity contribution is 6.02. The van der Waals surface area contributed by atoms with Gasteiger partial charge >= 0.3 is 0 Å². The van der Waals surface area contributed by atoms with Crippen LogP contribution in [0.3, 0.4) is 0 Å². The van der Waals surface area contributed by atoms with Crippen molar-refractivity contribution in [2.24, 2.45) is 11.8 Å². The first-order valence-corrected chi connectivity index (χ1v) is 8.50. The smallest absolute Gasteiger partial charge is 0.253 e. The van der Waals surface area contributed by atoms with E-state index >= 15 is 0 Å². The number of nitrogens with zero attached hydrogens (tertiary/aromatic N) is 1. The summed E-state index contributed by atoms with van der Waals surface area (Å²) in [6, 6.07) is 0. The van der Waals surface area contributed by atoms with Crippen LogP contribution in [-0.2, 0) is 0 Å². The van der Waals surface area contributed by atoms with Crippen LogP contribution in [0.15, 0.2) is 0 Å². The van der Waals surface area contributed by atoms with E-state index in [0.717, 1.165) is 37.3 Å². The normalized spacial score (nSPS) is 18.6. The Morgan fingerprint density at radius 2 is 2.04 bits per heavy atom. The number of nitrogens with one attached hydrogen (secondary N) is 2. The van der Waals surface area contributed by atoms with Gasteiger partial charge in [0.1, 0.15) is 0 Å². The number of Topliss-reactive ketones (excluding diaryl/α,β-unsaturated/α-hetero) is 1. The zero-order chi connectivity index (χ0) is 17.1. The van der Waals surface area contributed by atoms with E-state index in [1.54, 1.807) is 0 Å². The highest BCUT2D eigenvalue weighted by Crippen LogP contribution is 2.20. The van der Waals surface area contributed by atoms with Gasteiger partial charge in [0.15, 0.2) is 5.78 Å². The Morgan fingerprint density at radius 3 is 2.61 bits per heavy atom. The third kappa shape index (κ3) is 4.22. The Labute approximate surface area is 138 Å². The number of hydrogen-bond donors (Lipinski definition) is 2.